The van der Waals surface area contributed by atoms with Gasteiger partial charge in [0, 0.05) is 11.6 Å². The number of ketones is 1. The minimum absolute atomic E-state index is 0.0650. The summed E-state index contributed by atoms with van der Waals surface area (Å²) in [5.74, 6) is -2.20. The third-order valence-corrected chi connectivity index (χ3v) is 3.99. The van der Waals surface area contributed by atoms with Crippen molar-refractivity contribution in [3.05, 3.63) is 76.2 Å². The van der Waals surface area contributed by atoms with Crippen molar-refractivity contribution in [1.29, 1.82) is 0 Å². The number of para-hydroxylation sites is 1. The van der Waals surface area contributed by atoms with E-state index in [1.807, 2.05) is 6.07 Å². The Balaban J connectivity index is 1.73. The van der Waals surface area contributed by atoms with Gasteiger partial charge < -0.3 is 0 Å². The van der Waals surface area contributed by atoms with Crippen molar-refractivity contribution in [2.24, 2.45) is 0 Å². The Morgan fingerprint density at radius 1 is 1.12 bits per heavy atom. The maximum Gasteiger partial charge on any atom is 0.348 e. The smallest absolute Gasteiger partial charge is 0.293 e. The van der Waals surface area contributed by atoms with Crippen LogP contribution in [0.1, 0.15) is 10.4 Å². The van der Waals surface area contributed by atoms with Crippen LogP contribution in [-0.4, -0.2) is 26.3 Å². The van der Waals surface area contributed by atoms with E-state index in [1.165, 1.54) is 4.68 Å². The van der Waals surface area contributed by atoms with Gasteiger partial charge in [0.1, 0.15) is 11.6 Å². The predicted molar refractivity (Wildman–Crippen MR) is 85.6 cm³/mol. The first kappa shape index (κ1) is 16.1. The highest BCUT2D eigenvalue weighted by atomic mass is 32.2. The fourth-order valence-corrected chi connectivity index (χ4v) is 2.78. The molecule has 8 heteroatoms. The number of Topliss-reactive ketones (excluding diaryl/α,β-unsaturated/α-hetero) is 1. The molecule has 0 aliphatic carbocycles. The van der Waals surface area contributed by atoms with Crippen LogP contribution in [0.4, 0.5) is 8.78 Å². The highest BCUT2D eigenvalue weighted by Gasteiger charge is 2.13. The highest BCUT2D eigenvalue weighted by Crippen LogP contribution is 2.16. The summed E-state index contributed by atoms with van der Waals surface area (Å²) in [6, 6.07) is 11.4. The van der Waals surface area contributed by atoms with E-state index in [-0.39, 0.29) is 16.5 Å². The van der Waals surface area contributed by atoms with Crippen molar-refractivity contribution < 1.29 is 13.6 Å². The molecule has 1 N–H and O–H groups in total. The molecule has 2 aromatic carbocycles. The maximum atomic E-state index is 13.1. The molecule has 0 atom stereocenters. The molecule has 0 amide bonds. The number of halogens is 2. The van der Waals surface area contributed by atoms with Crippen LogP contribution in [0.15, 0.2) is 58.5 Å². The fourth-order valence-electron chi connectivity index (χ4n) is 2.05. The quantitative estimate of drug-likeness (QED) is 0.569. The van der Waals surface area contributed by atoms with Crippen LogP contribution in [-0.2, 0) is 0 Å². The average Bonchev–Trinajstić information content (AvgIpc) is 2.93. The number of thioether (sulfide) groups is 1. The zero-order valence-electron chi connectivity index (χ0n) is 12.2. The summed E-state index contributed by atoms with van der Waals surface area (Å²) >= 11 is 0.983. The Morgan fingerprint density at radius 3 is 2.46 bits per heavy atom. The van der Waals surface area contributed by atoms with Gasteiger partial charge in [-0.3, -0.25) is 9.78 Å². The molecular formula is C16H11F2N3O2S. The summed E-state index contributed by atoms with van der Waals surface area (Å²) < 4.78 is 27.4. The van der Waals surface area contributed by atoms with E-state index < -0.39 is 23.1 Å². The van der Waals surface area contributed by atoms with Crippen LogP contribution in [0, 0.1) is 11.6 Å². The first-order valence-corrected chi connectivity index (χ1v) is 7.88. The number of benzene rings is 2. The second-order valence-corrected chi connectivity index (χ2v) is 5.82. The normalized spacial score (nSPS) is 10.8. The lowest BCUT2D eigenvalue weighted by atomic mass is 10.1. The van der Waals surface area contributed by atoms with Crippen molar-refractivity contribution in [2.75, 3.05) is 5.75 Å². The minimum Gasteiger partial charge on any atom is -0.293 e. The second kappa shape index (κ2) is 6.79. The first-order valence-electron chi connectivity index (χ1n) is 6.90. The number of carbonyl (C=O) groups excluding carboxylic acids is 1. The van der Waals surface area contributed by atoms with Crippen molar-refractivity contribution >= 4 is 17.5 Å². The highest BCUT2D eigenvalue weighted by molar-refractivity contribution is 7.99. The van der Waals surface area contributed by atoms with Gasteiger partial charge in [-0.15, -0.1) is 5.10 Å². The lowest BCUT2D eigenvalue weighted by molar-refractivity contribution is 0.102. The summed E-state index contributed by atoms with van der Waals surface area (Å²) in [5, 5.41) is 4.34. The van der Waals surface area contributed by atoms with Crippen molar-refractivity contribution in [3.8, 4) is 5.69 Å². The summed E-state index contributed by atoms with van der Waals surface area (Å²) in [6.07, 6.45) is 0. The van der Waals surface area contributed by atoms with E-state index in [0.717, 1.165) is 23.9 Å². The first-order chi connectivity index (χ1) is 11.5. The fraction of sp³-hybridized carbons (Fsp3) is 0.0625. The Bertz CT molecular complexity index is 918. The number of aromatic amines is 1. The molecule has 0 aliphatic rings. The van der Waals surface area contributed by atoms with E-state index in [9.17, 15) is 18.4 Å². The second-order valence-electron chi connectivity index (χ2n) is 4.85. The van der Waals surface area contributed by atoms with Gasteiger partial charge >= 0.3 is 5.69 Å². The maximum absolute atomic E-state index is 13.1. The largest absolute Gasteiger partial charge is 0.348 e. The molecular weight excluding hydrogens is 336 g/mol. The molecule has 0 unspecified atom stereocenters. The number of rotatable bonds is 5. The van der Waals surface area contributed by atoms with E-state index in [0.29, 0.717) is 11.8 Å². The SMILES string of the molecule is O=C(CSc1nn(-c2ccccc2)c(=O)[nH]1)c1cc(F)cc(F)c1. The van der Waals surface area contributed by atoms with Crippen molar-refractivity contribution in [3.63, 3.8) is 0 Å². The summed E-state index contributed by atoms with van der Waals surface area (Å²) in [7, 11) is 0. The number of hydrogen-bond acceptors (Lipinski definition) is 4. The van der Waals surface area contributed by atoms with Gasteiger partial charge in [-0.2, -0.15) is 4.68 Å². The molecule has 0 saturated carbocycles. The molecule has 0 saturated heterocycles. The molecule has 0 bridgehead atoms. The molecule has 1 aromatic heterocycles. The molecule has 24 heavy (non-hydrogen) atoms. The predicted octanol–water partition coefficient (Wildman–Crippen LogP) is 2.81. The summed E-state index contributed by atoms with van der Waals surface area (Å²) in [4.78, 5) is 26.4. The van der Waals surface area contributed by atoms with Crippen LogP contribution < -0.4 is 5.69 Å². The number of hydrogen-bond donors (Lipinski definition) is 1. The molecule has 1 heterocycles. The van der Waals surface area contributed by atoms with Gasteiger partial charge in [0.05, 0.1) is 11.4 Å². The Morgan fingerprint density at radius 2 is 1.79 bits per heavy atom. The van der Waals surface area contributed by atoms with E-state index >= 15 is 0 Å². The molecule has 3 rings (SSSR count). The lowest BCUT2D eigenvalue weighted by Gasteiger charge is -2.00. The Hall–Kier alpha value is -2.74. The number of H-pyrrole nitrogens is 1. The molecule has 0 aliphatic heterocycles. The van der Waals surface area contributed by atoms with Crippen molar-refractivity contribution in [2.45, 2.75) is 5.16 Å². The van der Waals surface area contributed by atoms with E-state index in [4.69, 9.17) is 0 Å². The van der Waals surface area contributed by atoms with Crippen LogP contribution in [0.25, 0.3) is 5.69 Å². The average molecular weight is 347 g/mol. The Kier molecular flexibility index (Phi) is 4.57. The topological polar surface area (TPSA) is 67.8 Å². The van der Waals surface area contributed by atoms with Crippen LogP contribution >= 0.6 is 11.8 Å². The van der Waals surface area contributed by atoms with E-state index in [1.54, 1.807) is 24.3 Å². The Labute approximate surface area is 139 Å². The standard InChI is InChI=1S/C16H11F2N3O2S/c17-11-6-10(7-12(18)8-11)14(22)9-24-15-19-16(23)21(20-15)13-4-2-1-3-5-13/h1-8H,9H2,(H,19,20,23). The molecule has 3 aromatic rings. The summed E-state index contributed by atoms with van der Waals surface area (Å²) in [6.45, 7) is 0. The number of nitrogens with zero attached hydrogens (tertiary/aromatic N) is 2. The lowest BCUT2D eigenvalue weighted by Crippen LogP contribution is -2.15. The summed E-state index contributed by atoms with van der Waals surface area (Å²) in [5.41, 5.74) is 0.0851. The van der Waals surface area contributed by atoms with Crippen molar-refractivity contribution in [1.82, 2.24) is 14.8 Å². The van der Waals surface area contributed by atoms with Gasteiger partial charge in [0.2, 0.25) is 0 Å². The molecule has 0 radical (unpaired) electrons. The third-order valence-electron chi connectivity index (χ3n) is 3.12. The number of aromatic nitrogens is 3. The number of nitrogens with one attached hydrogen (secondary N) is 1. The van der Waals surface area contributed by atoms with Crippen LogP contribution in [0.3, 0.4) is 0 Å². The minimum atomic E-state index is -0.815. The van der Waals surface area contributed by atoms with Gasteiger partial charge in [-0.25, -0.2) is 13.6 Å². The monoisotopic (exact) mass is 347 g/mol. The molecule has 5 nitrogen and oxygen atoms in total. The van der Waals surface area contributed by atoms with Crippen LogP contribution in [0.2, 0.25) is 0 Å². The molecule has 122 valence electrons. The van der Waals surface area contributed by atoms with Gasteiger partial charge in [-0.1, -0.05) is 30.0 Å². The zero-order valence-corrected chi connectivity index (χ0v) is 13.0. The van der Waals surface area contributed by atoms with Gasteiger partial charge in [0.25, 0.3) is 0 Å². The van der Waals surface area contributed by atoms with Gasteiger partial charge in [-0.05, 0) is 24.3 Å². The molecule has 0 spiro atoms. The number of carbonyl (C=O) groups is 1. The zero-order chi connectivity index (χ0) is 17.1. The van der Waals surface area contributed by atoms with Gasteiger partial charge in [0.15, 0.2) is 10.9 Å². The van der Waals surface area contributed by atoms with Crippen LogP contribution in [0.5, 0.6) is 0 Å². The third kappa shape index (κ3) is 3.60. The molecule has 0 fully saturated rings. The van der Waals surface area contributed by atoms with E-state index in [2.05, 4.69) is 10.1 Å².